The molecule has 0 fully saturated rings. The molecule has 0 aliphatic rings. The smallest absolute Gasteiger partial charge is 0.193 e. The summed E-state index contributed by atoms with van der Waals surface area (Å²) < 4.78 is 17.6. The lowest BCUT2D eigenvalue weighted by atomic mass is 10.0. The molecule has 0 heterocycles. The summed E-state index contributed by atoms with van der Waals surface area (Å²) >= 11 is 0. The monoisotopic (exact) mass is 608 g/mol. The fourth-order valence-corrected chi connectivity index (χ4v) is 4.73. The van der Waals surface area contributed by atoms with Crippen molar-refractivity contribution in [3.63, 3.8) is 0 Å². The molecule has 4 rings (SSSR count). The first-order valence-corrected chi connectivity index (χ1v) is 15.6. The van der Waals surface area contributed by atoms with Gasteiger partial charge in [-0.3, -0.25) is 9.59 Å². The molecule has 0 saturated heterocycles. The van der Waals surface area contributed by atoms with Crippen LogP contribution < -0.4 is 9.47 Å². The Morgan fingerprint density at radius 1 is 0.467 bits per heavy atom. The molecule has 0 N–H and O–H groups in total. The van der Waals surface area contributed by atoms with Gasteiger partial charge in [-0.1, -0.05) is 60.7 Å². The van der Waals surface area contributed by atoms with Gasteiger partial charge in [0.2, 0.25) is 0 Å². The number of benzene rings is 4. The van der Waals surface area contributed by atoms with Crippen LogP contribution in [0.25, 0.3) is 0 Å². The molecule has 4 aromatic rings. The van der Waals surface area contributed by atoms with E-state index >= 15 is 0 Å². The maximum absolute atomic E-state index is 12.5. The van der Waals surface area contributed by atoms with Gasteiger partial charge < -0.3 is 24.0 Å². The Hall–Kier alpha value is -4.30. The molecule has 0 aliphatic heterocycles. The van der Waals surface area contributed by atoms with E-state index in [-0.39, 0.29) is 11.6 Å². The maximum Gasteiger partial charge on any atom is 0.193 e. The Bertz CT molecular complexity index is 1320. The molecule has 0 bridgehead atoms. The van der Waals surface area contributed by atoms with E-state index in [0.29, 0.717) is 48.7 Å². The van der Waals surface area contributed by atoms with Gasteiger partial charge in [0, 0.05) is 48.4 Å². The summed E-state index contributed by atoms with van der Waals surface area (Å²) in [5, 5.41) is 0. The van der Waals surface area contributed by atoms with Crippen molar-refractivity contribution in [1.82, 2.24) is 9.80 Å². The molecule has 0 spiro atoms. The minimum absolute atomic E-state index is 0.0147. The fourth-order valence-electron chi connectivity index (χ4n) is 4.73. The number of carbonyl (C=O) groups is 2. The summed E-state index contributed by atoms with van der Waals surface area (Å²) in [6, 6.07) is 33.3. The van der Waals surface area contributed by atoms with E-state index < -0.39 is 0 Å². The SMILES string of the molecule is CN(CCCOc1ccc(C(=O)c2ccccc2)cc1)CCOCCN(C)CCCOc1ccc(C(=O)c2ccccc2)cc1. The van der Waals surface area contributed by atoms with Crippen LogP contribution in [0.2, 0.25) is 0 Å². The van der Waals surface area contributed by atoms with Gasteiger partial charge in [-0.15, -0.1) is 0 Å². The highest BCUT2D eigenvalue weighted by Gasteiger charge is 2.10. The zero-order valence-corrected chi connectivity index (χ0v) is 26.4. The highest BCUT2D eigenvalue weighted by Crippen LogP contribution is 2.17. The van der Waals surface area contributed by atoms with Crippen molar-refractivity contribution in [3.05, 3.63) is 131 Å². The van der Waals surface area contributed by atoms with Crippen molar-refractivity contribution in [3.8, 4) is 11.5 Å². The van der Waals surface area contributed by atoms with E-state index in [9.17, 15) is 9.59 Å². The van der Waals surface area contributed by atoms with E-state index in [1.165, 1.54) is 0 Å². The number of hydrogen-bond donors (Lipinski definition) is 0. The minimum atomic E-state index is 0.0147. The van der Waals surface area contributed by atoms with Crippen LogP contribution in [-0.2, 0) is 4.74 Å². The molecule has 0 aromatic heterocycles. The molecule has 236 valence electrons. The molecular weight excluding hydrogens is 564 g/mol. The van der Waals surface area contributed by atoms with Crippen molar-refractivity contribution >= 4 is 11.6 Å². The summed E-state index contributed by atoms with van der Waals surface area (Å²) in [4.78, 5) is 29.6. The normalized spacial score (nSPS) is 11.1. The molecule has 0 saturated carbocycles. The average Bonchev–Trinajstić information content (AvgIpc) is 3.09. The van der Waals surface area contributed by atoms with E-state index in [1.807, 2.05) is 109 Å². The summed E-state index contributed by atoms with van der Waals surface area (Å²) in [6.07, 6.45) is 1.81. The van der Waals surface area contributed by atoms with Gasteiger partial charge in [-0.2, -0.15) is 0 Å². The number of nitrogens with zero attached hydrogens (tertiary/aromatic N) is 2. The van der Waals surface area contributed by atoms with Gasteiger partial charge in [0.1, 0.15) is 11.5 Å². The number of likely N-dealkylation sites (N-methyl/N-ethyl adjacent to an activating group) is 2. The van der Waals surface area contributed by atoms with Gasteiger partial charge in [-0.05, 0) is 75.5 Å². The molecule has 0 aliphatic carbocycles. The van der Waals surface area contributed by atoms with Gasteiger partial charge >= 0.3 is 0 Å². The Morgan fingerprint density at radius 3 is 1.20 bits per heavy atom. The maximum atomic E-state index is 12.5. The van der Waals surface area contributed by atoms with E-state index in [0.717, 1.165) is 50.5 Å². The minimum Gasteiger partial charge on any atom is -0.494 e. The van der Waals surface area contributed by atoms with Crippen molar-refractivity contribution in [1.29, 1.82) is 0 Å². The van der Waals surface area contributed by atoms with Gasteiger partial charge in [0.05, 0.1) is 26.4 Å². The molecular formula is C38H44N2O5. The standard InChI is InChI=1S/C38H44N2O5/c1-39(23-9-27-44-35-19-15-33(16-20-35)37(41)31-11-5-3-6-12-31)25-29-43-30-26-40(2)24-10-28-45-36-21-17-34(18-22-36)38(42)32-13-7-4-8-14-32/h3-8,11-22H,9-10,23-30H2,1-2H3. The Balaban J connectivity index is 0.984. The van der Waals surface area contributed by atoms with Crippen LogP contribution in [-0.4, -0.2) is 88.1 Å². The second kappa shape index (κ2) is 18.5. The predicted octanol–water partition coefficient (Wildman–Crippen LogP) is 6.27. The summed E-state index contributed by atoms with van der Waals surface area (Å²) in [5.41, 5.74) is 2.69. The molecule has 45 heavy (non-hydrogen) atoms. The first kappa shape index (κ1) is 33.6. The van der Waals surface area contributed by atoms with Crippen LogP contribution in [0, 0.1) is 0 Å². The highest BCUT2D eigenvalue weighted by molar-refractivity contribution is 6.09. The van der Waals surface area contributed by atoms with E-state index in [2.05, 4.69) is 23.9 Å². The van der Waals surface area contributed by atoms with Crippen LogP contribution in [0.15, 0.2) is 109 Å². The lowest BCUT2D eigenvalue weighted by Crippen LogP contribution is -2.28. The lowest BCUT2D eigenvalue weighted by Gasteiger charge is -2.19. The second-order valence-electron chi connectivity index (χ2n) is 11.1. The Labute approximate surface area is 267 Å². The molecule has 0 unspecified atom stereocenters. The third kappa shape index (κ3) is 11.6. The van der Waals surface area contributed by atoms with Crippen LogP contribution in [0.1, 0.15) is 44.7 Å². The zero-order chi connectivity index (χ0) is 31.7. The quantitative estimate of drug-likeness (QED) is 0.0866. The van der Waals surface area contributed by atoms with Gasteiger partial charge in [0.15, 0.2) is 11.6 Å². The van der Waals surface area contributed by atoms with Crippen molar-refractivity contribution in [2.24, 2.45) is 0 Å². The van der Waals surface area contributed by atoms with E-state index in [1.54, 1.807) is 0 Å². The number of rotatable bonds is 20. The molecule has 7 nitrogen and oxygen atoms in total. The number of ketones is 2. The van der Waals surface area contributed by atoms with E-state index in [4.69, 9.17) is 14.2 Å². The third-order valence-electron chi connectivity index (χ3n) is 7.45. The molecule has 0 radical (unpaired) electrons. The predicted molar refractivity (Wildman–Crippen MR) is 179 cm³/mol. The van der Waals surface area contributed by atoms with Crippen molar-refractivity contribution < 1.29 is 23.8 Å². The summed E-state index contributed by atoms with van der Waals surface area (Å²) in [6.45, 7) is 6.17. The average molecular weight is 609 g/mol. The number of ether oxygens (including phenoxy) is 3. The molecule has 0 amide bonds. The van der Waals surface area contributed by atoms with Crippen LogP contribution in [0.4, 0.5) is 0 Å². The van der Waals surface area contributed by atoms with Crippen LogP contribution in [0.5, 0.6) is 11.5 Å². The third-order valence-corrected chi connectivity index (χ3v) is 7.45. The summed E-state index contributed by atoms with van der Waals surface area (Å²) in [7, 11) is 4.18. The first-order valence-electron chi connectivity index (χ1n) is 15.6. The number of carbonyl (C=O) groups excluding carboxylic acids is 2. The lowest BCUT2D eigenvalue weighted by molar-refractivity contribution is 0.0917. The highest BCUT2D eigenvalue weighted by atomic mass is 16.5. The van der Waals surface area contributed by atoms with Gasteiger partial charge in [0.25, 0.3) is 0 Å². The molecule has 0 atom stereocenters. The Kier molecular flexibility index (Phi) is 13.8. The van der Waals surface area contributed by atoms with Crippen molar-refractivity contribution in [2.75, 3.05) is 66.7 Å². The summed E-state index contributed by atoms with van der Waals surface area (Å²) in [5.74, 6) is 1.57. The zero-order valence-electron chi connectivity index (χ0n) is 26.4. The van der Waals surface area contributed by atoms with Crippen LogP contribution >= 0.6 is 0 Å². The first-order chi connectivity index (χ1) is 22.0. The molecule has 4 aromatic carbocycles. The fraction of sp³-hybridized carbons (Fsp3) is 0.316. The molecule has 7 heteroatoms. The second-order valence-corrected chi connectivity index (χ2v) is 11.1. The van der Waals surface area contributed by atoms with Crippen molar-refractivity contribution in [2.45, 2.75) is 12.8 Å². The topological polar surface area (TPSA) is 68.3 Å². The largest absolute Gasteiger partial charge is 0.494 e. The van der Waals surface area contributed by atoms with Gasteiger partial charge in [-0.25, -0.2) is 0 Å². The van der Waals surface area contributed by atoms with Crippen LogP contribution in [0.3, 0.4) is 0 Å². The Morgan fingerprint density at radius 2 is 0.822 bits per heavy atom. The number of hydrogen-bond acceptors (Lipinski definition) is 7.